The second kappa shape index (κ2) is 3.97. The van der Waals surface area contributed by atoms with Crippen LogP contribution in [0.2, 0.25) is 0 Å². The van der Waals surface area contributed by atoms with Crippen LogP contribution in [0.3, 0.4) is 0 Å². The quantitative estimate of drug-likeness (QED) is 0.547. The number of H-pyrrole nitrogens is 1. The summed E-state index contributed by atoms with van der Waals surface area (Å²) in [6.07, 6.45) is 3.61. The Morgan fingerprint density at radius 3 is 2.75 bits per heavy atom. The topological polar surface area (TPSA) is 50.4 Å². The number of benzene rings is 1. The van der Waals surface area contributed by atoms with E-state index in [1.165, 1.54) is 12.1 Å². The van der Waals surface area contributed by atoms with Crippen LogP contribution in [0.1, 0.15) is 0 Å². The monoisotopic (exact) mass is 285 g/mol. The Morgan fingerprint density at radius 2 is 1.95 bits per heavy atom. The van der Waals surface area contributed by atoms with E-state index in [-0.39, 0.29) is 5.82 Å². The van der Waals surface area contributed by atoms with Gasteiger partial charge in [0.25, 0.3) is 0 Å². The molecule has 0 saturated carbocycles. The minimum atomic E-state index is -0.265. The summed E-state index contributed by atoms with van der Waals surface area (Å²) in [4.78, 5) is 0. The molecule has 3 aromatic heterocycles. The predicted octanol–water partition coefficient (Wildman–Crippen LogP) is 2.85. The van der Waals surface area contributed by atoms with Crippen LogP contribution in [-0.4, -0.2) is 24.2 Å². The van der Waals surface area contributed by atoms with Gasteiger partial charge >= 0.3 is 0 Å². The van der Waals surface area contributed by atoms with Crippen LogP contribution in [0.4, 0.5) is 4.39 Å². The van der Waals surface area contributed by atoms with Crippen molar-refractivity contribution in [2.75, 3.05) is 0 Å². The van der Waals surface area contributed by atoms with Gasteiger partial charge in [-0.2, -0.15) is 10.2 Å². The summed E-state index contributed by atoms with van der Waals surface area (Å²) in [5, 5.41) is 11.4. The van der Waals surface area contributed by atoms with Gasteiger partial charge in [0.05, 0.1) is 5.69 Å². The number of aromatic amines is 1. The van der Waals surface area contributed by atoms with Crippen molar-refractivity contribution >= 4 is 23.4 Å². The van der Waals surface area contributed by atoms with Crippen molar-refractivity contribution in [1.29, 1.82) is 0 Å². The SMILES string of the molecule is Fc1ccc(-c2cc3c4n[nH]c(=S)n4ccn3n2)cc1. The zero-order valence-corrected chi connectivity index (χ0v) is 10.9. The molecule has 0 saturated heterocycles. The molecule has 0 atom stereocenters. The van der Waals surface area contributed by atoms with Gasteiger partial charge in [-0.15, -0.1) is 0 Å². The number of fused-ring (bicyclic) bond motifs is 3. The summed E-state index contributed by atoms with van der Waals surface area (Å²) in [7, 11) is 0. The van der Waals surface area contributed by atoms with Gasteiger partial charge < -0.3 is 0 Å². The lowest BCUT2D eigenvalue weighted by Crippen LogP contribution is -1.92. The molecule has 20 heavy (non-hydrogen) atoms. The summed E-state index contributed by atoms with van der Waals surface area (Å²) < 4.78 is 17.0. The van der Waals surface area contributed by atoms with E-state index in [1.54, 1.807) is 33.4 Å². The highest BCUT2D eigenvalue weighted by Gasteiger charge is 2.09. The molecule has 7 heteroatoms. The third kappa shape index (κ3) is 1.56. The number of aromatic nitrogens is 5. The zero-order valence-electron chi connectivity index (χ0n) is 10.1. The Bertz CT molecular complexity index is 980. The van der Waals surface area contributed by atoms with Gasteiger partial charge in [0, 0.05) is 18.0 Å². The van der Waals surface area contributed by atoms with Crippen LogP contribution in [-0.2, 0) is 0 Å². The smallest absolute Gasteiger partial charge is 0.199 e. The maximum absolute atomic E-state index is 13.0. The number of halogens is 1. The minimum absolute atomic E-state index is 0.265. The van der Waals surface area contributed by atoms with Crippen LogP contribution >= 0.6 is 12.2 Å². The highest BCUT2D eigenvalue weighted by Crippen LogP contribution is 2.21. The first kappa shape index (κ1) is 11.3. The maximum Gasteiger partial charge on any atom is 0.199 e. The van der Waals surface area contributed by atoms with Crippen LogP contribution in [0.5, 0.6) is 0 Å². The molecular weight excluding hydrogens is 277 g/mol. The first-order valence-electron chi connectivity index (χ1n) is 5.93. The Hall–Kier alpha value is -2.54. The van der Waals surface area contributed by atoms with Crippen LogP contribution in [0.15, 0.2) is 42.7 Å². The molecule has 0 unspecified atom stereocenters. The average molecular weight is 285 g/mol. The van der Waals surface area contributed by atoms with E-state index >= 15 is 0 Å². The molecule has 1 N–H and O–H groups in total. The summed E-state index contributed by atoms with van der Waals surface area (Å²) in [5.41, 5.74) is 3.15. The standard InChI is InChI=1S/C13H8FN5S/c14-9-3-1-8(2-4-9)10-7-11-12-15-16-13(20)18(12)5-6-19(11)17-10/h1-7H,(H,16,20). The molecule has 1 aromatic carbocycles. The van der Waals surface area contributed by atoms with Gasteiger partial charge in [0.1, 0.15) is 11.3 Å². The summed E-state index contributed by atoms with van der Waals surface area (Å²) in [6, 6.07) is 8.13. The van der Waals surface area contributed by atoms with Gasteiger partial charge in [-0.3, -0.25) is 9.50 Å². The molecule has 3 heterocycles. The molecule has 4 rings (SSSR count). The fraction of sp³-hybridized carbons (Fsp3) is 0. The molecule has 0 amide bonds. The fourth-order valence-corrected chi connectivity index (χ4v) is 2.38. The second-order valence-corrected chi connectivity index (χ2v) is 4.77. The molecule has 0 aliphatic rings. The molecule has 0 spiro atoms. The van der Waals surface area contributed by atoms with Crippen LogP contribution < -0.4 is 0 Å². The minimum Gasteiger partial charge on any atom is -0.272 e. The number of nitrogens with zero attached hydrogens (tertiary/aromatic N) is 4. The van der Waals surface area contributed by atoms with Gasteiger partial charge in [-0.1, -0.05) is 0 Å². The van der Waals surface area contributed by atoms with Crippen molar-refractivity contribution in [3.8, 4) is 11.3 Å². The molecule has 0 bridgehead atoms. The third-order valence-corrected chi connectivity index (χ3v) is 3.45. The number of rotatable bonds is 1. The predicted molar refractivity (Wildman–Crippen MR) is 74.5 cm³/mol. The largest absolute Gasteiger partial charge is 0.272 e. The molecule has 0 fully saturated rings. The van der Waals surface area contributed by atoms with Gasteiger partial charge in [-0.05, 0) is 42.5 Å². The average Bonchev–Trinajstić information content (AvgIpc) is 3.03. The number of hydrogen-bond donors (Lipinski definition) is 1. The first-order valence-corrected chi connectivity index (χ1v) is 6.34. The second-order valence-electron chi connectivity index (χ2n) is 4.39. The van der Waals surface area contributed by atoms with Crippen molar-refractivity contribution in [3.63, 3.8) is 0 Å². The Balaban J connectivity index is 2.00. The van der Waals surface area contributed by atoms with Crippen molar-refractivity contribution < 1.29 is 4.39 Å². The Labute approximate surface area is 117 Å². The van der Waals surface area contributed by atoms with Crippen molar-refractivity contribution in [1.82, 2.24) is 24.2 Å². The van der Waals surface area contributed by atoms with E-state index in [2.05, 4.69) is 15.3 Å². The van der Waals surface area contributed by atoms with Crippen molar-refractivity contribution in [2.45, 2.75) is 0 Å². The summed E-state index contributed by atoms with van der Waals surface area (Å²) in [5.74, 6) is -0.265. The van der Waals surface area contributed by atoms with Crippen LogP contribution in [0, 0.1) is 10.6 Å². The molecule has 0 radical (unpaired) electrons. The third-order valence-electron chi connectivity index (χ3n) is 3.17. The van der Waals surface area contributed by atoms with Gasteiger partial charge in [0.15, 0.2) is 10.4 Å². The lowest BCUT2D eigenvalue weighted by Gasteiger charge is -1.95. The molecule has 5 nitrogen and oxygen atoms in total. The van der Waals surface area contributed by atoms with Gasteiger partial charge in [0.2, 0.25) is 0 Å². The maximum atomic E-state index is 13.0. The van der Waals surface area contributed by atoms with E-state index in [0.717, 1.165) is 16.8 Å². The Morgan fingerprint density at radius 1 is 1.15 bits per heavy atom. The summed E-state index contributed by atoms with van der Waals surface area (Å²) in [6.45, 7) is 0. The molecule has 0 aliphatic carbocycles. The lowest BCUT2D eigenvalue weighted by atomic mass is 10.1. The van der Waals surface area contributed by atoms with E-state index in [9.17, 15) is 4.39 Å². The van der Waals surface area contributed by atoms with E-state index in [4.69, 9.17) is 12.2 Å². The van der Waals surface area contributed by atoms with E-state index in [1.807, 2.05) is 6.07 Å². The van der Waals surface area contributed by atoms with Crippen molar-refractivity contribution in [3.05, 3.63) is 53.3 Å². The first-order chi connectivity index (χ1) is 9.72. The van der Waals surface area contributed by atoms with Crippen LogP contribution in [0.25, 0.3) is 22.4 Å². The molecule has 4 aromatic rings. The number of nitrogens with one attached hydrogen (secondary N) is 1. The fourth-order valence-electron chi connectivity index (χ4n) is 2.19. The molecule has 98 valence electrons. The number of hydrogen-bond acceptors (Lipinski definition) is 3. The lowest BCUT2D eigenvalue weighted by molar-refractivity contribution is 0.628. The van der Waals surface area contributed by atoms with E-state index in [0.29, 0.717) is 10.4 Å². The zero-order chi connectivity index (χ0) is 13.7. The molecule has 0 aliphatic heterocycles. The highest BCUT2D eigenvalue weighted by atomic mass is 32.1. The normalized spacial score (nSPS) is 11.4. The Kier molecular flexibility index (Phi) is 2.25. The van der Waals surface area contributed by atoms with Crippen molar-refractivity contribution in [2.24, 2.45) is 0 Å². The van der Waals surface area contributed by atoms with Gasteiger partial charge in [-0.25, -0.2) is 8.91 Å². The highest BCUT2D eigenvalue weighted by molar-refractivity contribution is 7.71. The summed E-state index contributed by atoms with van der Waals surface area (Å²) >= 11 is 5.14. The van der Waals surface area contributed by atoms with E-state index < -0.39 is 0 Å². The molecular formula is C13H8FN5S.